The Morgan fingerprint density at radius 3 is 2.67 bits per heavy atom. The van der Waals surface area contributed by atoms with Gasteiger partial charge < -0.3 is 15.2 Å². The first-order chi connectivity index (χ1) is 5.65. The van der Waals surface area contributed by atoms with Crippen molar-refractivity contribution < 1.29 is 19.4 Å². The highest BCUT2D eigenvalue weighted by atomic mass is 16.5. The molecule has 2 unspecified atom stereocenters. The lowest BCUT2D eigenvalue weighted by molar-refractivity contribution is -0.143. The molecule has 1 rings (SSSR count). The van der Waals surface area contributed by atoms with E-state index >= 15 is 0 Å². The number of hydrogen-bond acceptors (Lipinski definition) is 4. The van der Waals surface area contributed by atoms with Crippen LogP contribution in [0.15, 0.2) is 0 Å². The third-order valence-electron chi connectivity index (χ3n) is 1.97. The molecule has 0 amide bonds. The molecule has 5 nitrogen and oxygen atoms in total. The summed E-state index contributed by atoms with van der Waals surface area (Å²) in [4.78, 5) is 21.4. The minimum absolute atomic E-state index is 0.321. The van der Waals surface area contributed by atoms with E-state index in [0.29, 0.717) is 13.0 Å². The number of carbonyl (C=O) groups excluding carboxylic acids is 1. The molecule has 2 N–H and O–H groups in total. The van der Waals surface area contributed by atoms with Crippen molar-refractivity contribution in [1.82, 2.24) is 5.32 Å². The van der Waals surface area contributed by atoms with E-state index in [9.17, 15) is 9.59 Å². The Bertz CT molecular complexity index is 204. The quantitative estimate of drug-likeness (QED) is 0.536. The lowest BCUT2D eigenvalue weighted by Crippen LogP contribution is -2.31. The molecule has 0 aliphatic carbocycles. The summed E-state index contributed by atoms with van der Waals surface area (Å²) in [7, 11) is 1.29. The molecule has 0 radical (unpaired) electrons. The summed E-state index contributed by atoms with van der Waals surface area (Å²) >= 11 is 0. The van der Waals surface area contributed by atoms with Crippen molar-refractivity contribution in [2.45, 2.75) is 12.5 Å². The van der Waals surface area contributed by atoms with E-state index in [-0.39, 0.29) is 0 Å². The lowest BCUT2D eigenvalue weighted by Gasteiger charge is -2.05. The van der Waals surface area contributed by atoms with Gasteiger partial charge >= 0.3 is 11.9 Å². The minimum Gasteiger partial charge on any atom is -0.481 e. The van der Waals surface area contributed by atoms with Gasteiger partial charge in [-0.2, -0.15) is 0 Å². The SMILES string of the molecule is COC(=O)C1CC(C(=O)O)CN1. The molecule has 2 atom stereocenters. The van der Waals surface area contributed by atoms with E-state index in [0.717, 1.165) is 0 Å². The summed E-state index contributed by atoms with van der Waals surface area (Å²) in [5.41, 5.74) is 0. The van der Waals surface area contributed by atoms with E-state index in [1.165, 1.54) is 7.11 Å². The number of carboxylic acid groups (broad SMARTS) is 1. The fraction of sp³-hybridized carbons (Fsp3) is 0.714. The van der Waals surface area contributed by atoms with Crippen LogP contribution in [0.4, 0.5) is 0 Å². The minimum atomic E-state index is -0.867. The number of methoxy groups -OCH3 is 1. The van der Waals surface area contributed by atoms with Crippen molar-refractivity contribution in [3.8, 4) is 0 Å². The molecule has 0 aromatic rings. The Labute approximate surface area is 69.7 Å². The van der Waals surface area contributed by atoms with Gasteiger partial charge in [-0.1, -0.05) is 0 Å². The van der Waals surface area contributed by atoms with E-state index in [1.807, 2.05) is 0 Å². The number of carboxylic acids is 1. The predicted octanol–water partition coefficient (Wildman–Crippen LogP) is -0.778. The zero-order valence-corrected chi connectivity index (χ0v) is 6.74. The summed E-state index contributed by atoms with van der Waals surface area (Å²) in [6.45, 7) is 0.342. The molecule has 0 spiro atoms. The van der Waals surface area contributed by atoms with E-state index in [1.54, 1.807) is 0 Å². The van der Waals surface area contributed by atoms with Gasteiger partial charge in [-0.25, -0.2) is 0 Å². The molecule has 0 bridgehead atoms. The summed E-state index contributed by atoms with van der Waals surface area (Å²) < 4.78 is 4.47. The van der Waals surface area contributed by atoms with Crippen LogP contribution in [-0.2, 0) is 14.3 Å². The van der Waals surface area contributed by atoms with E-state index < -0.39 is 23.9 Å². The fourth-order valence-corrected chi connectivity index (χ4v) is 1.25. The van der Waals surface area contributed by atoms with Crippen molar-refractivity contribution in [1.29, 1.82) is 0 Å². The van der Waals surface area contributed by atoms with Crippen LogP contribution in [0.3, 0.4) is 0 Å². The third kappa shape index (κ3) is 1.73. The van der Waals surface area contributed by atoms with Gasteiger partial charge in [0.05, 0.1) is 13.0 Å². The first kappa shape index (κ1) is 8.99. The molecule has 1 fully saturated rings. The number of aliphatic carboxylic acids is 1. The normalized spacial score (nSPS) is 28.4. The molecular formula is C7H11NO4. The number of carbonyl (C=O) groups is 2. The van der Waals surface area contributed by atoms with Crippen molar-refractivity contribution in [3.05, 3.63) is 0 Å². The predicted molar refractivity (Wildman–Crippen MR) is 39.5 cm³/mol. The van der Waals surface area contributed by atoms with Crippen LogP contribution in [0, 0.1) is 5.92 Å². The van der Waals surface area contributed by atoms with Crippen molar-refractivity contribution in [3.63, 3.8) is 0 Å². The number of esters is 1. The first-order valence-corrected chi connectivity index (χ1v) is 3.69. The molecule has 0 aromatic heterocycles. The Morgan fingerprint density at radius 2 is 2.25 bits per heavy atom. The number of rotatable bonds is 2. The van der Waals surface area contributed by atoms with Gasteiger partial charge in [-0.3, -0.25) is 9.59 Å². The third-order valence-corrected chi connectivity index (χ3v) is 1.97. The summed E-state index contributed by atoms with van der Waals surface area (Å²) in [5.74, 6) is -1.72. The monoisotopic (exact) mass is 173 g/mol. The summed E-state index contributed by atoms with van der Waals surface area (Å²) in [5, 5.41) is 11.4. The fourth-order valence-electron chi connectivity index (χ4n) is 1.25. The molecule has 0 aromatic carbocycles. The van der Waals surface area contributed by atoms with E-state index in [2.05, 4.69) is 10.1 Å². The number of nitrogens with one attached hydrogen (secondary N) is 1. The summed E-state index contributed by atoms with van der Waals surface area (Å²) in [6.07, 6.45) is 0.321. The molecule has 12 heavy (non-hydrogen) atoms. The standard InChI is InChI=1S/C7H11NO4/c1-12-7(11)5-2-4(3-8-5)6(9)10/h4-5,8H,2-3H2,1H3,(H,9,10). The van der Waals surface area contributed by atoms with Crippen LogP contribution in [-0.4, -0.2) is 36.7 Å². The van der Waals surface area contributed by atoms with Crippen LogP contribution in [0.1, 0.15) is 6.42 Å². The highest BCUT2D eigenvalue weighted by Gasteiger charge is 2.33. The Balaban J connectivity index is 2.45. The Hall–Kier alpha value is -1.10. The number of ether oxygens (including phenoxy) is 1. The maximum atomic E-state index is 10.9. The zero-order valence-electron chi connectivity index (χ0n) is 6.74. The smallest absolute Gasteiger partial charge is 0.322 e. The van der Waals surface area contributed by atoms with Crippen molar-refractivity contribution in [2.75, 3.05) is 13.7 Å². The average Bonchev–Trinajstić information content (AvgIpc) is 2.51. The molecule has 1 aliphatic rings. The van der Waals surface area contributed by atoms with Crippen LogP contribution in [0.25, 0.3) is 0 Å². The highest BCUT2D eigenvalue weighted by Crippen LogP contribution is 2.14. The first-order valence-electron chi connectivity index (χ1n) is 3.69. The van der Waals surface area contributed by atoms with Crippen LogP contribution >= 0.6 is 0 Å². The largest absolute Gasteiger partial charge is 0.481 e. The average molecular weight is 173 g/mol. The lowest BCUT2D eigenvalue weighted by atomic mass is 10.1. The second-order valence-corrected chi connectivity index (χ2v) is 2.75. The van der Waals surface area contributed by atoms with Crippen molar-refractivity contribution in [2.24, 2.45) is 5.92 Å². The Morgan fingerprint density at radius 1 is 1.58 bits per heavy atom. The maximum absolute atomic E-state index is 10.9. The Kier molecular flexibility index (Phi) is 2.65. The molecule has 0 saturated carbocycles. The second-order valence-electron chi connectivity index (χ2n) is 2.75. The van der Waals surface area contributed by atoms with Crippen molar-refractivity contribution >= 4 is 11.9 Å². The molecule has 68 valence electrons. The maximum Gasteiger partial charge on any atom is 0.322 e. The van der Waals surface area contributed by atoms with Crippen LogP contribution < -0.4 is 5.32 Å². The number of hydrogen-bond donors (Lipinski definition) is 2. The van der Waals surface area contributed by atoms with Gasteiger partial charge in [0.15, 0.2) is 0 Å². The van der Waals surface area contributed by atoms with Gasteiger partial charge in [0.1, 0.15) is 6.04 Å². The van der Waals surface area contributed by atoms with Gasteiger partial charge in [0, 0.05) is 6.54 Å². The van der Waals surface area contributed by atoms with Gasteiger partial charge in [-0.05, 0) is 6.42 Å². The topological polar surface area (TPSA) is 75.6 Å². The van der Waals surface area contributed by atoms with Crippen LogP contribution in [0.2, 0.25) is 0 Å². The second kappa shape index (κ2) is 3.53. The highest BCUT2D eigenvalue weighted by molar-refractivity contribution is 5.79. The molecule has 1 heterocycles. The zero-order chi connectivity index (χ0) is 9.14. The van der Waals surface area contributed by atoms with Crippen LogP contribution in [0.5, 0.6) is 0 Å². The van der Waals surface area contributed by atoms with Gasteiger partial charge in [0.25, 0.3) is 0 Å². The molecular weight excluding hydrogens is 162 g/mol. The van der Waals surface area contributed by atoms with E-state index in [4.69, 9.17) is 5.11 Å². The molecule has 1 aliphatic heterocycles. The van der Waals surface area contributed by atoms with Gasteiger partial charge in [0.2, 0.25) is 0 Å². The summed E-state index contributed by atoms with van der Waals surface area (Å²) in [6, 6.07) is -0.448. The van der Waals surface area contributed by atoms with Gasteiger partial charge in [-0.15, -0.1) is 0 Å². The molecule has 5 heteroatoms. The molecule has 1 saturated heterocycles.